The molecule has 0 unspecified atom stereocenters. The van der Waals surface area contributed by atoms with Crippen LogP contribution in [0.15, 0.2) is 85.1 Å². The predicted molar refractivity (Wildman–Crippen MR) is 148 cm³/mol. The number of ether oxygens (including phenoxy) is 2. The predicted octanol–water partition coefficient (Wildman–Crippen LogP) is 7.57. The van der Waals surface area contributed by atoms with Crippen molar-refractivity contribution in [3.8, 4) is 23.4 Å². The average Bonchev–Trinajstić information content (AvgIpc) is 3.21. The maximum absolute atomic E-state index is 13.0. The van der Waals surface area contributed by atoms with E-state index in [0.29, 0.717) is 27.4 Å². The number of nitrogens with one attached hydrogen (secondary N) is 1. The van der Waals surface area contributed by atoms with Gasteiger partial charge in [0.25, 0.3) is 0 Å². The van der Waals surface area contributed by atoms with Crippen LogP contribution in [0, 0.1) is 18.3 Å². The Morgan fingerprint density at radius 3 is 2.55 bits per heavy atom. The Labute approximate surface area is 224 Å². The van der Waals surface area contributed by atoms with Crippen LogP contribution in [0.4, 0.5) is 11.4 Å². The van der Waals surface area contributed by atoms with Gasteiger partial charge in [-0.3, -0.25) is 0 Å². The zero-order valence-electron chi connectivity index (χ0n) is 20.7. The summed E-state index contributed by atoms with van der Waals surface area (Å²) in [6, 6.07) is 26.2. The smallest absolute Gasteiger partial charge is 0.340 e. The number of benzene rings is 3. The van der Waals surface area contributed by atoms with E-state index in [1.807, 2.05) is 60.0 Å². The molecular weight excluding hydrogens is 500 g/mol. The van der Waals surface area contributed by atoms with Crippen LogP contribution in [0.2, 0.25) is 5.02 Å². The first-order valence-corrected chi connectivity index (χ1v) is 12.3. The lowest BCUT2D eigenvalue weighted by Gasteiger charge is -2.12. The van der Waals surface area contributed by atoms with Crippen molar-refractivity contribution < 1.29 is 14.3 Å². The number of anilines is 2. The molecule has 2 heterocycles. The van der Waals surface area contributed by atoms with Gasteiger partial charge >= 0.3 is 5.97 Å². The maximum Gasteiger partial charge on any atom is 0.340 e. The van der Waals surface area contributed by atoms with Crippen LogP contribution < -0.4 is 10.1 Å². The number of aromatic nitrogens is 2. The molecule has 5 rings (SSSR count). The van der Waals surface area contributed by atoms with Gasteiger partial charge in [-0.05, 0) is 74.5 Å². The molecule has 0 radical (unpaired) electrons. The molecular formula is C30H23ClN4O3. The van der Waals surface area contributed by atoms with Crippen LogP contribution in [0.3, 0.4) is 0 Å². The molecule has 7 nitrogen and oxygen atoms in total. The van der Waals surface area contributed by atoms with Crippen LogP contribution in [0.5, 0.6) is 11.6 Å². The monoisotopic (exact) mass is 522 g/mol. The van der Waals surface area contributed by atoms with Crippen LogP contribution in [-0.2, 0) is 4.74 Å². The fourth-order valence-electron chi connectivity index (χ4n) is 4.37. The van der Waals surface area contributed by atoms with Gasteiger partial charge in [0.15, 0.2) is 0 Å². The number of nitrogens with zero attached hydrogens (tertiary/aromatic N) is 3. The zero-order chi connectivity index (χ0) is 26.6. The van der Waals surface area contributed by atoms with Crippen molar-refractivity contribution >= 4 is 39.8 Å². The second kappa shape index (κ2) is 10.7. The molecule has 0 fully saturated rings. The standard InChI is InChI=1S/C30H23ClN4O3/c1-3-37-30(36)28-19(2)35(22-11-9-20(31)10-12-22)27-14-13-23(17-24(27)28)38-29-25(18-32)26(15-16-33-29)34-21-7-5-4-6-8-21/h4-17H,3H2,1-2H3,(H,33,34). The number of hydrogen-bond acceptors (Lipinski definition) is 6. The van der Waals surface area contributed by atoms with E-state index in [-0.39, 0.29) is 18.1 Å². The SMILES string of the molecule is CCOC(=O)c1c(C)n(-c2ccc(Cl)cc2)c2ccc(Oc3nccc(Nc4ccccc4)c3C#N)cc12. The minimum atomic E-state index is -0.426. The minimum absolute atomic E-state index is 0.152. The summed E-state index contributed by atoms with van der Waals surface area (Å²) in [5.74, 6) is 0.154. The fourth-order valence-corrected chi connectivity index (χ4v) is 4.49. The van der Waals surface area contributed by atoms with Crippen molar-refractivity contribution in [1.29, 1.82) is 5.26 Å². The number of pyridine rings is 1. The molecule has 8 heteroatoms. The Hall–Kier alpha value is -4.80. The molecule has 0 aliphatic carbocycles. The van der Waals surface area contributed by atoms with Crippen LogP contribution in [-0.4, -0.2) is 22.1 Å². The number of carbonyl (C=O) groups excluding carboxylic acids is 1. The summed E-state index contributed by atoms with van der Waals surface area (Å²) >= 11 is 6.10. The highest BCUT2D eigenvalue weighted by Gasteiger charge is 2.23. The lowest BCUT2D eigenvalue weighted by atomic mass is 10.1. The number of rotatable bonds is 7. The van der Waals surface area contributed by atoms with E-state index >= 15 is 0 Å². The van der Waals surface area contributed by atoms with Gasteiger partial charge in [-0.25, -0.2) is 9.78 Å². The van der Waals surface area contributed by atoms with Crippen LogP contribution >= 0.6 is 11.6 Å². The number of para-hydroxylation sites is 1. The summed E-state index contributed by atoms with van der Waals surface area (Å²) in [7, 11) is 0. The molecule has 188 valence electrons. The molecule has 0 bridgehead atoms. The lowest BCUT2D eigenvalue weighted by Crippen LogP contribution is -2.07. The second-order valence-corrected chi connectivity index (χ2v) is 8.85. The van der Waals surface area contributed by atoms with Crippen molar-refractivity contribution in [3.63, 3.8) is 0 Å². The maximum atomic E-state index is 13.0. The quantitative estimate of drug-likeness (QED) is 0.222. The summed E-state index contributed by atoms with van der Waals surface area (Å²) in [5, 5.41) is 14.4. The van der Waals surface area contributed by atoms with Crippen molar-refractivity contribution in [2.45, 2.75) is 13.8 Å². The van der Waals surface area contributed by atoms with Crippen LogP contribution in [0.25, 0.3) is 16.6 Å². The highest BCUT2D eigenvalue weighted by molar-refractivity contribution is 6.30. The number of hydrogen-bond donors (Lipinski definition) is 1. The van der Waals surface area contributed by atoms with E-state index in [9.17, 15) is 10.1 Å². The molecule has 0 aliphatic rings. The first-order chi connectivity index (χ1) is 18.5. The second-order valence-electron chi connectivity index (χ2n) is 8.42. The third-order valence-electron chi connectivity index (χ3n) is 6.04. The highest BCUT2D eigenvalue weighted by atomic mass is 35.5. The third kappa shape index (κ3) is 4.77. The van der Waals surface area contributed by atoms with E-state index in [1.165, 1.54) is 0 Å². The van der Waals surface area contributed by atoms with E-state index in [1.54, 1.807) is 43.5 Å². The number of esters is 1. The van der Waals surface area contributed by atoms with Crippen molar-refractivity contribution in [2.75, 3.05) is 11.9 Å². The van der Waals surface area contributed by atoms with Gasteiger partial charge in [-0.2, -0.15) is 5.26 Å². The van der Waals surface area contributed by atoms with E-state index in [0.717, 1.165) is 22.6 Å². The molecule has 5 aromatic rings. The van der Waals surface area contributed by atoms with Gasteiger partial charge in [-0.1, -0.05) is 29.8 Å². The van der Waals surface area contributed by atoms with E-state index in [4.69, 9.17) is 21.1 Å². The van der Waals surface area contributed by atoms with Gasteiger partial charge < -0.3 is 19.4 Å². The molecule has 38 heavy (non-hydrogen) atoms. The fraction of sp³-hybridized carbons (Fsp3) is 0.100. The molecule has 0 saturated carbocycles. The molecule has 0 spiro atoms. The minimum Gasteiger partial charge on any atom is -0.462 e. The van der Waals surface area contributed by atoms with E-state index in [2.05, 4.69) is 16.4 Å². The van der Waals surface area contributed by atoms with Crippen molar-refractivity contribution in [1.82, 2.24) is 9.55 Å². The van der Waals surface area contributed by atoms with Gasteiger partial charge in [-0.15, -0.1) is 0 Å². The first kappa shape index (κ1) is 24.9. The number of carbonyl (C=O) groups is 1. The van der Waals surface area contributed by atoms with Gasteiger partial charge in [0.05, 0.1) is 23.4 Å². The molecule has 0 amide bonds. The molecule has 3 aromatic carbocycles. The first-order valence-electron chi connectivity index (χ1n) is 12.0. The molecule has 0 saturated heterocycles. The topological polar surface area (TPSA) is 89.2 Å². The summed E-state index contributed by atoms with van der Waals surface area (Å²) in [4.78, 5) is 17.3. The largest absolute Gasteiger partial charge is 0.462 e. The van der Waals surface area contributed by atoms with Gasteiger partial charge in [0.2, 0.25) is 5.88 Å². The summed E-state index contributed by atoms with van der Waals surface area (Å²) in [5.41, 5.74) is 4.49. The van der Waals surface area contributed by atoms with E-state index < -0.39 is 5.97 Å². The number of fused-ring (bicyclic) bond motifs is 1. The Bertz CT molecular complexity index is 1670. The Balaban J connectivity index is 1.58. The van der Waals surface area contributed by atoms with Crippen LogP contribution in [0.1, 0.15) is 28.5 Å². The number of nitriles is 1. The molecule has 0 aliphatic heterocycles. The molecule has 2 aromatic heterocycles. The highest BCUT2D eigenvalue weighted by Crippen LogP contribution is 2.35. The molecule has 0 atom stereocenters. The zero-order valence-corrected chi connectivity index (χ0v) is 21.5. The Morgan fingerprint density at radius 1 is 1.08 bits per heavy atom. The van der Waals surface area contributed by atoms with Gasteiger partial charge in [0.1, 0.15) is 17.4 Å². The molecule has 1 N–H and O–H groups in total. The number of halogens is 1. The van der Waals surface area contributed by atoms with Crippen molar-refractivity contribution in [2.24, 2.45) is 0 Å². The summed E-state index contributed by atoms with van der Waals surface area (Å²) in [6.07, 6.45) is 1.57. The Kier molecular flexibility index (Phi) is 6.98. The Morgan fingerprint density at radius 2 is 1.84 bits per heavy atom. The van der Waals surface area contributed by atoms with Gasteiger partial charge in [0, 0.05) is 33.7 Å². The summed E-state index contributed by atoms with van der Waals surface area (Å²) in [6.45, 7) is 3.89. The normalized spacial score (nSPS) is 10.7. The third-order valence-corrected chi connectivity index (χ3v) is 6.29. The van der Waals surface area contributed by atoms with Crippen molar-refractivity contribution in [3.05, 3.63) is 107 Å². The average molecular weight is 523 g/mol. The lowest BCUT2D eigenvalue weighted by molar-refractivity contribution is 0.0527. The summed E-state index contributed by atoms with van der Waals surface area (Å²) < 4.78 is 13.5.